The van der Waals surface area contributed by atoms with Crippen molar-refractivity contribution >= 4 is 0 Å². The van der Waals surface area contributed by atoms with E-state index in [1.165, 1.54) is 51.0 Å². The Bertz CT molecular complexity index is 89.4. The van der Waals surface area contributed by atoms with Crippen molar-refractivity contribution in [3.8, 4) is 0 Å². The highest BCUT2D eigenvalue weighted by Gasteiger charge is 1.95. The molecule has 0 unspecified atom stereocenters. The Morgan fingerprint density at radius 3 is 1.07 bits per heavy atom. The van der Waals surface area contributed by atoms with Crippen LogP contribution < -0.4 is 0 Å². The van der Waals surface area contributed by atoms with Gasteiger partial charge in [0.2, 0.25) is 0 Å². The average Bonchev–Trinajstić information content (AvgIpc) is 2.24. The van der Waals surface area contributed by atoms with Crippen molar-refractivity contribution in [1.82, 2.24) is 0 Å². The van der Waals surface area contributed by atoms with Crippen molar-refractivity contribution in [3.63, 3.8) is 0 Å². The quantitative estimate of drug-likeness (QED) is 0.629. The van der Waals surface area contributed by atoms with Crippen LogP contribution in [0.2, 0.25) is 0 Å². The summed E-state index contributed by atoms with van der Waals surface area (Å²) in [6.45, 7) is 6.51. The Morgan fingerprint density at radius 2 is 1.00 bits per heavy atom. The molecule has 0 aromatic carbocycles. The minimum atomic E-state index is 1.31. The topological polar surface area (TPSA) is 18.5 Å². The summed E-state index contributed by atoms with van der Waals surface area (Å²) in [7, 11) is 3.25. The summed E-state index contributed by atoms with van der Waals surface area (Å²) in [5.41, 5.74) is 0. The molecule has 0 spiro atoms. The van der Waals surface area contributed by atoms with Crippen LogP contribution >= 0.6 is 0 Å². The van der Waals surface area contributed by atoms with Gasteiger partial charge in [-0.15, -0.1) is 0 Å². The zero-order valence-corrected chi connectivity index (χ0v) is 9.63. The van der Waals surface area contributed by atoms with Gasteiger partial charge in [-0.2, -0.15) is 0 Å². The molecule has 0 radical (unpaired) electrons. The number of hydrogen-bond donors (Lipinski definition) is 0. The van der Waals surface area contributed by atoms with Crippen LogP contribution in [0.4, 0.5) is 0 Å². The van der Waals surface area contributed by atoms with Gasteiger partial charge in [-0.05, 0) is 0 Å². The van der Waals surface area contributed by atoms with Crippen LogP contribution in [0.3, 0.4) is 0 Å². The lowest BCUT2D eigenvalue weighted by molar-refractivity contribution is 0.277. The first kappa shape index (κ1) is 15.7. The Labute approximate surface area is 88.6 Å². The fourth-order valence-electron chi connectivity index (χ4n) is 1.13. The molecule has 1 saturated carbocycles. The van der Waals surface area contributed by atoms with Crippen LogP contribution in [0.5, 0.6) is 0 Å². The molecule has 1 rings (SSSR count). The molecule has 0 aromatic heterocycles. The third-order valence-electron chi connectivity index (χ3n) is 1.69. The predicted molar refractivity (Wildman–Crippen MR) is 62.1 cm³/mol. The summed E-state index contributed by atoms with van der Waals surface area (Å²) in [5.74, 6) is 0. The van der Waals surface area contributed by atoms with E-state index in [0.29, 0.717) is 0 Å². The normalized spacial score (nSPS) is 13.6. The largest absolute Gasteiger partial charge is 0.474 e. The lowest BCUT2D eigenvalue weighted by Gasteiger charge is -2.05. The zero-order chi connectivity index (χ0) is 11.1. The fraction of sp³-hybridized carbons (Fsp3) is 0.667. The second kappa shape index (κ2) is 18.1. The highest BCUT2D eigenvalue weighted by atomic mass is 16.5. The minimum Gasteiger partial charge on any atom is -0.474 e. The first-order valence-corrected chi connectivity index (χ1v) is 5.10. The van der Waals surface area contributed by atoms with Crippen molar-refractivity contribution in [1.29, 1.82) is 0 Å². The molecule has 1 aliphatic rings. The molecule has 2 heteroatoms. The van der Waals surface area contributed by atoms with Crippen LogP contribution in [0.1, 0.15) is 38.5 Å². The van der Waals surface area contributed by atoms with Gasteiger partial charge >= 0.3 is 0 Å². The van der Waals surface area contributed by atoms with Crippen molar-refractivity contribution < 1.29 is 9.47 Å². The van der Waals surface area contributed by atoms with Crippen LogP contribution in [-0.4, -0.2) is 14.2 Å². The molecule has 1 fully saturated rings. The van der Waals surface area contributed by atoms with Crippen molar-refractivity contribution in [3.05, 3.63) is 25.7 Å². The highest BCUT2D eigenvalue weighted by molar-refractivity contribution is 4.57. The van der Waals surface area contributed by atoms with Gasteiger partial charge in [0.1, 0.15) is 0 Å². The summed E-state index contributed by atoms with van der Waals surface area (Å²) < 4.78 is 8.61. The summed E-state index contributed by atoms with van der Waals surface area (Å²) in [6, 6.07) is 0. The van der Waals surface area contributed by atoms with Crippen molar-refractivity contribution in [2.75, 3.05) is 14.2 Å². The minimum absolute atomic E-state index is 1.31. The molecule has 0 atom stereocenters. The lowest BCUT2D eigenvalue weighted by atomic mass is 10.0. The first-order chi connectivity index (χ1) is 6.83. The van der Waals surface area contributed by atoms with Gasteiger partial charge in [0, 0.05) is 14.2 Å². The molecule has 2 nitrogen and oxygen atoms in total. The van der Waals surface area contributed by atoms with E-state index < -0.39 is 0 Å². The van der Waals surface area contributed by atoms with Crippen LogP contribution in [0, 0.1) is 0 Å². The molecule has 0 saturated heterocycles. The van der Waals surface area contributed by atoms with Crippen molar-refractivity contribution in [2.45, 2.75) is 38.5 Å². The number of ether oxygens (including phenoxy) is 2. The molecule has 14 heavy (non-hydrogen) atoms. The third kappa shape index (κ3) is 22.5. The average molecular weight is 200 g/mol. The molecule has 1 aliphatic carbocycles. The van der Waals surface area contributed by atoms with Crippen LogP contribution in [0.25, 0.3) is 0 Å². The van der Waals surface area contributed by atoms with E-state index >= 15 is 0 Å². The van der Waals surface area contributed by atoms with E-state index in [0.717, 1.165) is 0 Å². The molecule has 0 N–H and O–H groups in total. The molecule has 84 valence electrons. The van der Waals surface area contributed by atoms with E-state index in [9.17, 15) is 0 Å². The van der Waals surface area contributed by atoms with E-state index in [1.54, 1.807) is 14.2 Å². The zero-order valence-electron chi connectivity index (χ0n) is 9.63. The van der Waals surface area contributed by atoms with Crippen LogP contribution in [-0.2, 0) is 9.47 Å². The molecule has 0 amide bonds. The first-order valence-electron chi connectivity index (χ1n) is 5.10. The summed E-state index contributed by atoms with van der Waals surface area (Å²) >= 11 is 0. The molecular formula is C12H24O2. The van der Waals surface area contributed by atoms with E-state index in [2.05, 4.69) is 22.6 Å². The third-order valence-corrected chi connectivity index (χ3v) is 1.69. The van der Waals surface area contributed by atoms with Crippen LogP contribution in [0.15, 0.2) is 25.7 Å². The second-order valence-electron chi connectivity index (χ2n) is 3.00. The number of hydrogen-bond acceptors (Lipinski definition) is 2. The van der Waals surface area contributed by atoms with Crippen molar-refractivity contribution in [2.24, 2.45) is 0 Å². The monoisotopic (exact) mass is 200 g/mol. The highest BCUT2D eigenvalue weighted by Crippen LogP contribution is 2.15. The maximum atomic E-state index is 4.36. The summed E-state index contributed by atoms with van der Waals surface area (Å²) in [4.78, 5) is 0. The van der Waals surface area contributed by atoms with Gasteiger partial charge in [0.25, 0.3) is 0 Å². The van der Waals surface area contributed by atoms with Gasteiger partial charge in [-0.25, -0.2) is 0 Å². The van der Waals surface area contributed by atoms with Gasteiger partial charge in [0.05, 0.1) is 12.5 Å². The Kier molecular flexibility index (Phi) is 20.3. The van der Waals surface area contributed by atoms with E-state index in [-0.39, 0.29) is 0 Å². The molecule has 0 aliphatic heterocycles. The Morgan fingerprint density at radius 1 is 0.786 bits per heavy atom. The SMILES string of the molecule is C1CCCCC1.C=COC=C.COC. The Balaban J connectivity index is 0. The molecular weight excluding hydrogens is 176 g/mol. The number of methoxy groups -OCH3 is 1. The maximum absolute atomic E-state index is 4.36. The standard InChI is InChI=1S/C6H12.C4H6O.C2H6O/c1-2-4-6-5-3-1;1-3-5-4-2;1-3-2/h1-6H2;3-4H,1-2H2;1-2H3. The molecule has 0 heterocycles. The Hall–Kier alpha value is -0.760. The number of rotatable bonds is 2. The summed E-state index contributed by atoms with van der Waals surface area (Å²) in [5, 5.41) is 0. The lowest BCUT2D eigenvalue weighted by Crippen LogP contribution is -1.85. The van der Waals surface area contributed by atoms with Gasteiger partial charge in [-0.3, -0.25) is 0 Å². The van der Waals surface area contributed by atoms with Gasteiger partial charge < -0.3 is 9.47 Å². The van der Waals surface area contributed by atoms with Gasteiger partial charge in [-0.1, -0.05) is 51.7 Å². The maximum Gasteiger partial charge on any atom is 0.0829 e. The van der Waals surface area contributed by atoms with Gasteiger partial charge in [0.15, 0.2) is 0 Å². The smallest absolute Gasteiger partial charge is 0.0829 e. The fourth-order valence-corrected chi connectivity index (χ4v) is 1.13. The summed E-state index contributed by atoms with van der Waals surface area (Å²) in [6.07, 6.45) is 11.6. The molecule has 0 aromatic rings. The van der Waals surface area contributed by atoms with E-state index in [4.69, 9.17) is 0 Å². The second-order valence-corrected chi connectivity index (χ2v) is 3.00. The van der Waals surface area contributed by atoms with E-state index in [1.807, 2.05) is 0 Å². The molecule has 0 bridgehead atoms. The predicted octanol–water partition coefficient (Wildman–Crippen LogP) is 3.89.